The van der Waals surface area contributed by atoms with Crippen LogP contribution in [0.25, 0.3) is 11.1 Å². The van der Waals surface area contributed by atoms with Crippen molar-refractivity contribution in [2.24, 2.45) is 0 Å². The van der Waals surface area contributed by atoms with Crippen LogP contribution >= 0.6 is 11.6 Å². The minimum atomic E-state index is -5.20. The Bertz CT molecular complexity index is 959. The first-order valence-corrected chi connectivity index (χ1v) is 9.03. The van der Waals surface area contributed by atoms with Gasteiger partial charge in [-0.3, -0.25) is 0 Å². The van der Waals surface area contributed by atoms with Gasteiger partial charge in [0.25, 0.3) is 0 Å². The number of carbonyl (C=O) groups excluding carboxylic acids is 1. The van der Waals surface area contributed by atoms with Gasteiger partial charge in [0.2, 0.25) is 0 Å². The lowest BCUT2D eigenvalue weighted by atomic mass is 9.97. The first kappa shape index (κ1) is 23.0. The Balaban J connectivity index is 1.93. The van der Waals surface area contributed by atoms with Gasteiger partial charge in [-0.2, -0.15) is 26.3 Å². The van der Waals surface area contributed by atoms with E-state index in [0.29, 0.717) is 5.06 Å². The monoisotopic (exact) mass is 469 g/mol. The third-order valence-electron chi connectivity index (χ3n) is 4.31. The summed E-state index contributed by atoms with van der Waals surface area (Å²) in [5.74, 6) is -3.51. The van der Waals surface area contributed by atoms with Crippen LogP contribution in [0.5, 0.6) is 11.5 Å². The van der Waals surface area contributed by atoms with E-state index >= 15 is 0 Å². The summed E-state index contributed by atoms with van der Waals surface area (Å²) < 4.78 is 89.2. The Labute approximate surface area is 177 Å². The van der Waals surface area contributed by atoms with Crippen LogP contribution in [-0.2, 0) is 15.8 Å². The molecule has 0 spiro atoms. The van der Waals surface area contributed by atoms with Crippen molar-refractivity contribution in [2.75, 3.05) is 20.2 Å². The van der Waals surface area contributed by atoms with Crippen LogP contribution < -0.4 is 9.47 Å². The van der Waals surface area contributed by atoms with Crippen molar-refractivity contribution in [1.29, 1.82) is 0 Å². The fraction of sp³-hybridized carbons (Fsp3) is 0.316. The molecule has 31 heavy (non-hydrogen) atoms. The molecule has 0 aromatic heterocycles. The molecule has 0 radical (unpaired) electrons. The van der Waals surface area contributed by atoms with E-state index < -0.39 is 35.7 Å². The van der Waals surface area contributed by atoms with Crippen molar-refractivity contribution in [3.63, 3.8) is 0 Å². The van der Waals surface area contributed by atoms with E-state index in [0.717, 1.165) is 13.2 Å². The molecule has 2 aromatic rings. The molecule has 1 fully saturated rings. The summed E-state index contributed by atoms with van der Waals surface area (Å²) in [7, 11) is 1.11. The SMILES string of the molecule is COc1c(Cl)cc(-c2ccccc2)c(C(F)(F)F)c1OC1CN(OC(=O)C(F)(F)F)C1. The van der Waals surface area contributed by atoms with Gasteiger partial charge in [0.1, 0.15) is 11.7 Å². The quantitative estimate of drug-likeness (QED) is 0.569. The highest BCUT2D eigenvalue weighted by atomic mass is 35.5. The number of rotatable bonds is 5. The van der Waals surface area contributed by atoms with Gasteiger partial charge >= 0.3 is 18.3 Å². The van der Waals surface area contributed by atoms with Crippen molar-refractivity contribution < 1.29 is 45.4 Å². The summed E-state index contributed by atoms with van der Waals surface area (Å²) in [6.07, 6.45) is -11.1. The largest absolute Gasteiger partial charge is 0.492 e. The Morgan fingerprint density at radius 3 is 2.19 bits per heavy atom. The minimum absolute atomic E-state index is 0.149. The summed E-state index contributed by atoms with van der Waals surface area (Å²) in [4.78, 5) is 14.9. The summed E-state index contributed by atoms with van der Waals surface area (Å²) in [6.45, 7) is -0.759. The van der Waals surface area contributed by atoms with Gasteiger partial charge in [-0.15, -0.1) is 5.06 Å². The molecule has 0 unspecified atom stereocenters. The maximum atomic E-state index is 14.0. The molecule has 2 aromatic carbocycles. The minimum Gasteiger partial charge on any atom is -0.491 e. The molecule has 0 saturated carbocycles. The maximum Gasteiger partial charge on any atom is 0.492 e. The number of hydrogen-bond donors (Lipinski definition) is 0. The highest BCUT2D eigenvalue weighted by molar-refractivity contribution is 6.32. The molecule has 0 bridgehead atoms. The van der Waals surface area contributed by atoms with Crippen LogP contribution in [-0.4, -0.2) is 43.5 Å². The van der Waals surface area contributed by atoms with E-state index in [2.05, 4.69) is 4.84 Å². The Kier molecular flexibility index (Phi) is 6.28. The number of methoxy groups -OCH3 is 1. The molecule has 0 N–H and O–H groups in total. The third-order valence-corrected chi connectivity index (χ3v) is 4.59. The smallest absolute Gasteiger partial charge is 0.491 e. The Hall–Kier alpha value is -2.66. The number of alkyl halides is 6. The van der Waals surface area contributed by atoms with Gasteiger partial charge in [-0.25, -0.2) is 4.79 Å². The number of hydrogen-bond acceptors (Lipinski definition) is 5. The summed E-state index contributed by atoms with van der Waals surface area (Å²) >= 11 is 6.12. The highest BCUT2D eigenvalue weighted by Gasteiger charge is 2.46. The van der Waals surface area contributed by atoms with Crippen molar-refractivity contribution in [3.05, 3.63) is 47.0 Å². The number of benzene rings is 2. The molecule has 1 heterocycles. The van der Waals surface area contributed by atoms with Crippen LogP contribution in [0.2, 0.25) is 5.02 Å². The summed E-state index contributed by atoms with van der Waals surface area (Å²) in [5.41, 5.74) is -1.18. The van der Waals surface area contributed by atoms with Crippen LogP contribution in [0.3, 0.4) is 0 Å². The average Bonchev–Trinajstić information content (AvgIpc) is 2.64. The fourth-order valence-corrected chi connectivity index (χ4v) is 3.20. The molecule has 12 heteroatoms. The van der Waals surface area contributed by atoms with E-state index in [1.165, 1.54) is 12.1 Å². The van der Waals surface area contributed by atoms with Crippen LogP contribution in [0.1, 0.15) is 5.56 Å². The number of ether oxygens (including phenoxy) is 2. The molecular formula is C19H14ClF6NO4. The second kappa shape index (κ2) is 8.46. The zero-order chi connectivity index (χ0) is 23.0. The van der Waals surface area contributed by atoms with E-state index in [9.17, 15) is 31.1 Å². The third kappa shape index (κ3) is 4.99. The predicted octanol–water partition coefficient (Wildman–Crippen LogP) is 5.12. The number of carbonyl (C=O) groups is 1. The van der Waals surface area contributed by atoms with Gasteiger partial charge in [-0.05, 0) is 17.2 Å². The summed E-state index contributed by atoms with van der Waals surface area (Å²) in [6, 6.07) is 8.74. The zero-order valence-corrected chi connectivity index (χ0v) is 16.4. The van der Waals surface area contributed by atoms with Gasteiger partial charge in [0.15, 0.2) is 11.5 Å². The van der Waals surface area contributed by atoms with Crippen molar-refractivity contribution in [3.8, 4) is 22.6 Å². The molecule has 168 valence electrons. The normalized spacial score (nSPS) is 15.4. The molecule has 3 rings (SSSR count). The van der Waals surface area contributed by atoms with Gasteiger partial charge in [0.05, 0.1) is 25.2 Å². The standard InChI is InChI=1S/C19H14ClF6NO4/c1-29-15-13(20)7-12(10-5-3-2-4-6-10)14(18(21,22)23)16(15)30-11-8-27(9-11)31-17(28)19(24,25)26/h2-7,11H,8-9H2,1H3. The lowest BCUT2D eigenvalue weighted by Crippen LogP contribution is -2.55. The lowest BCUT2D eigenvalue weighted by Gasteiger charge is -2.37. The van der Waals surface area contributed by atoms with Crippen molar-refractivity contribution in [2.45, 2.75) is 18.5 Å². The highest BCUT2D eigenvalue weighted by Crippen LogP contribution is 2.51. The Morgan fingerprint density at radius 1 is 1.06 bits per heavy atom. The lowest BCUT2D eigenvalue weighted by molar-refractivity contribution is -0.262. The molecule has 0 aliphatic carbocycles. The van der Waals surface area contributed by atoms with Crippen LogP contribution in [0.15, 0.2) is 36.4 Å². The van der Waals surface area contributed by atoms with Gasteiger partial charge < -0.3 is 14.3 Å². The second-order valence-electron chi connectivity index (χ2n) is 6.47. The number of nitrogens with zero attached hydrogens (tertiary/aromatic N) is 1. The van der Waals surface area contributed by atoms with E-state index in [1.54, 1.807) is 18.2 Å². The van der Waals surface area contributed by atoms with Crippen molar-refractivity contribution >= 4 is 17.6 Å². The predicted molar refractivity (Wildman–Crippen MR) is 96.6 cm³/mol. The fourth-order valence-electron chi connectivity index (χ4n) is 2.92. The molecule has 0 atom stereocenters. The molecule has 5 nitrogen and oxygen atoms in total. The maximum absolute atomic E-state index is 14.0. The molecule has 1 aliphatic heterocycles. The molecule has 1 saturated heterocycles. The van der Waals surface area contributed by atoms with Crippen molar-refractivity contribution in [1.82, 2.24) is 5.06 Å². The zero-order valence-electron chi connectivity index (χ0n) is 15.7. The van der Waals surface area contributed by atoms with Gasteiger partial charge in [-0.1, -0.05) is 41.9 Å². The first-order valence-electron chi connectivity index (χ1n) is 8.65. The second-order valence-corrected chi connectivity index (χ2v) is 6.88. The number of hydroxylamine groups is 2. The molecule has 1 aliphatic rings. The summed E-state index contributed by atoms with van der Waals surface area (Å²) in [5, 5.41) is 0.479. The molecule has 0 amide bonds. The molecular weight excluding hydrogens is 456 g/mol. The van der Waals surface area contributed by atoms with E-state index in [-0.39, 0.29) is 35.0 Å². The van der Waals surface area contributed by atoms with Gasteiger partial charge in [0, 0.05) is 0 Å². The van der Waals surface area contributed by atoms with E-state index in [4.69, 9.17) is 21.1 Å². The number of halogens is 7. The van der Waals surface area contributed by atoms with E-state index in [1.807, 2.05) is 0 Å². The average molecular weight is 470 g/mol. The van der Waals surface area contributed by atoms with Crippen LogP contribution in [0, 0.1) is 0 Å². The Morgan fingerprint density at radius 2 is 1.68 bits per heavy atom. The first-order chi connectivity index (χ1) is 14.4. The van der Waals surface area contributed by atoms with Crippen LogP contribution in [0.4, 0.5) is 26.3 Å². The topological polar surface area (TPSA) is 48.0 Å².